The van der Waals surface area contributed by atoms with Crippen molar-refractivity contribution < 1.29 is 26.7 Å². The Kier molecular flexibility index (Phi) is 4.10. The first-order valence-corrected chi connectivity index (χ1v) is 4.71. The summed E-state index contributed by atoms with van der Waals surface area (Å²) >= 11 is 0. The van der Waals surface area contributed by atoms with Crippen molar-refractivity contribution in [3.8, 4) is 5.75 Å². The highest BCUT2D eigenvalue weighted by Crippen LogP contribution is 2.28. The lowest BCUT2D eigenvalue weighted by Gasteiger charge is -2.19. The zero-order valence-corrected chi connectivity index (χ0v) is 8.89. The van der Waals surface area contributed by atoms with Crippen LogP contribution < -0.4 is 10.5 Å². The Labute approximate surface area is 98.9 Å². The van der Waals surface area contributed by atoms with E-state index in [0.29, 0.717) is 0 Å². The van der Waals surface area contributed by atoms with Crippen LogP contribution in [0, 0.1) is 23.0 Å². The van der Waals surface area contributed by atoms with Crippen LogP contribution in [0.3, 0.4) is 0 Å². The van der Waals surface area contributed by atoms with Crippen LogP contribution in [-0.4, -0.2) is 18.6 Å². The average Bonchev–Trinajstić information content (AvgIpc) is 2.22. The van der Waals surface area contributed by atoms with Gasteiger partial charge >= 0.3 is 6.18 Å². The fourth-order valence-corrected chi connectivity index (χ4v) is 1.13. The molecule has 0 radical (unpaired) electrons. The lowest BCUT2D eigenvalue weighted by atomic mass is 10.1. The largest absolute Gasteiger partial charge is 0.489 e. The van der Waals surface area contributed by atoms with E-state index in [9.17, 15) is 22.0 Å². The predicted octanol–water partition coefficient (Wildman–Crippen LogP) is 2.46. The van der Waals surface area contributed by atoms with Crippen LogP contribution in [0.4, 0.5) is 22.0 Å². The molecular weight excluding hydrogens is 259 g/mol. The van der Waals surface area contributed by atoms with Gasteiger partial charge in [-0.15, -0.1) is 0 Å². The second-order valence-electron chi connectivity index (χ2n) is 3.41. The van der Waals surface area contributed by atoms with Crippen molar-refractivity contribution in [1.29, 1.82) is 5.41 Å². The maximum atomic E-state index is 13.1. The van der Waals surface area contributed by atoms with E-state index < -0.39 is 41.9 Å². The average molecular weight is 268 g/mol. The van der Waals surface area contributed by atoms with Crippen LogP contribution in [-0.2, 0) is 0 Å². The van der Waals surface area contributed by atoms with Gasteiger partial charge in [0.15, 0.2) is 11.6 Å². The van der Waals surface area contributed by atoms with E-state index in [4.69, 9.17) is 11.1 Å². The molecule has 0 bridgehead atoms. The smallest absolute Gasteiger partial charge is 0.401 e. The molecule has 3 nitrogen and oxygen atoms in total. The molecule has 0 aromatic heterocycles. The molecule has 8 heteroatoms. The summed E-state index contributed by atoms with van der Waals surface area (Å²) in [5, 5.41) is 6.78. The van der Waals surface area contributed by atoms with Crippen molar-refractivity contribution in [3.05, 3.63) is 29.8 Å². The fraction of sp³-hybridized carbons (Fsp3) is 0.300. The van der Waals surface area contributed by atoms with Gasteiger partial charge in [0.1, 0.15) is 18.4 Å². The third kappa shape index (κ3) is 3.31. The summed E-state index contributed by atoms with van der Waals surface area (Å²) in [7, 11) is 0. The molecule has 0 spiro atoms. The van der Waals surface area contributed by atoms with Gasteiger partial charge in [0.25, 0.3) is 0 Å². The zero-order chi connectivity index (χ0) is 13.9. The molecular formula is C10H9F5N2O. The van der Waals surface area contributed by atoms with Gasteiger partial charge in [-0.25, -0.2) is 4.39 Å². The van der Waals surface area contributed by atoms with E-state index in [2.05, 4.69) is 4.74 Å². The van der Waals surface area contributed by atoms with Gasteiger partial charge in [0.05, 0.1) is 0 Å². The Hall–Kier alpha value is -1.86. The Morgan fingerprint density at radius 2 is 1.94 bits per heavy atom. The van der Waals surface area contributed by atoms with Gasteiger partial charge in [0.2, 0.25) is 5.82 Å². The molecule has 0 aliphatic rings. The monoisotopic (exact) mass is 268 g/mol. The molecule has 0 saturated heterocycles. The molecule has 0 aliphatic heterocycles. The molecule has 100 valence electrons. The number of nitrogens with one attached hydrogen (secondary N) is 1. The van der Waals surface area contributed by atoms with Crippen LogP contribution in [0.5, 0.6) is 5.75 Å². The normalized spacial score (nSPS) is 13.2. The first-order valence-electron chi connectivity index (χ1n) is 4.71. The molecule has 3 N–H and O–H groups in total. The molecule has 1 unspecified atom stereocenters. The predicted molar refractivity (Wildman–Crippen MR) is 53.3 cm³/mol. The quantitative estimate of drug-likeness (QED) is 0.500. The maximum Gasteiger partial charge on any atom is 0.401 e. The van der Waals surface area contributed by atoms with Crippen molar-refractivity contribution in [3.63, 3.8) is 0 Å². The second-order valence-corrected chi connectivity index (χ2v) is 3.41. The highest BCUT2D eigenvalue weighted by molar-refractivity contribution is 5.80. The summed E-state index contributed by atoms with van der Waals surface area (Å²) in [5.41, 5.74) is 4.77. The maximum absolute atomic E-state index is 13.1. The highest BCUT2D eigenvalue weighted by atomic mass is 19.4. The SMILES string of the molecule is N=C(N)C(COc1cccc(F)c1F)C(F)(F)F. The summed E-state index contributed by atoms with van der Waals surface area (Å²) in [6, 6.07) is 2.87. The van der Waals surface area contributed by atoms with Crippen molar-refractivity contribution in [1.82, 2.24) is 0 Å². The van der Waals surface area contributed by atoms with E-state index >= 15 is 0 Å². The van der Waals surface area contributed by atoms with Gasteiger partial charge in [-0.2, -0.15) is 17.6 Å². The van der Waals surface area contributed by atoms with E-state index in [1.165, 1.54) is 0 Å². The number of hydrogen-bond donors (Lipinski definition) is 2. The van der Waals surface area contributed by atoms with E-state index in [1.807, 2.05) is 0 Å². The number of amidine groups is 1. The Bertz CT molecular complexity index is 446. The first kappa shape index (κ1) is 14.2. The summed E-state index contributed by atoms with van der Waals surface area (Å²) in [6.07, 6.45) is -4.78. The Balaban J connectivity index is 2.80. The Morgan fingerprint density at radius 3 is 2.44 bits per heavy atom. The van der Waals surface area contributed by atoms with Crippen LogP contribution in [0.15, 0.2) is 18.2 Å². The first-order chi connectivity index (χ1) is 8.23. The standard InChI is InChI=1S/C10H9F5N2O/c11-6-2-1-3-7(8(6)12)18-4-5(9(16)17)10(13,14)15/h1-3,5H,4H2,(H3,16,17). The number of rotatable bonds is 4. The molecule has 0 amide bonds. The highest BCUT2D eigenvalue weighted by Gasteiger charge is 2.42. The second kappa shape index (κ2) is 5.19. The van der Waals surface area contributed by atoms with E-state index in [0.717, 1.165) is 18.2 Å². The van der Waals surface area contributed by atoms with Gasteiger partial charge < -0.3 is 10.5 Å². The lowest BCUT2D eigenvalue weighted by molar-refractivity contribution is -0.162. The van der Waals surface area contributed by atoms with Gasteiger partial charge in [0, 0.05) is 0 Å². The summed E-state index contributed by atoms with van der Waals surface area (Å²) in [5.74, 6) is -6.80. The number of ether oxygens (including phenoxy) is 1. The van der Waals surface area contributed by atoms with Crippen LogP contribution >= 0.6 is 0 Å². The van der Waals surface area contributed by atoms with Gasteiger partial charge in [-0.05, 0) is 12.1 Å². The fourth-order valence-electron chi connectivity index (χ4n) is 1.13. The molecule has 1 aromatic carbocycles. The molecule has 1 atom stereocenters. The number of nitrogens with two attached hydrogens (primary N) is 1. The molecule has 1 rings (SSSR count). The summed E-state index contributed by atoms with van der Waals surface area (Å²) in [4.78, 5) is 0. The number of alkyl halides is 3. The van der Waals surface area contributed by atoms with Crippen molar-refractivity contribution >= 4 is 5.84 Å². The topological polar surface area (TPSA) is 59.1 Å². The van der Waals surface area contributed by atoms with E-state index in [-0.39, 0.29) is 0 Å². The van der Waals surface area contributed by atoms with Crippen molar-refractivity contribution in [2.75, 3.05) is 6.61 Å². The van der Waals surface area contributed by atoms with Crippen LogP contribution in [0.1, 0.15) is 0 Å². The van der Waals surface area contributed by atoms with E-state index in [1.54, 1.807) is 0 Å². The molecule has 0 heterocycles. The summed E-state index contributed by atoms with van der Waals surface area (Å²) < 4.78 is 67.5. The minimum absolute atomic E-state index is 0.662. The lowest BCUT2D eigenvalue weighted by Crippen LogP contribution is -2.39. The third-order valence-corrected chi connectivity index (χ3v) is 2.09. The van der Waals surface area contributed by atoms with Crippen molar-refractivity contribution in [2.24, 2.45) is 11.7 Å². The Morgan fingerprint density at radius 1 is 1.33 bits per heavy atom. The molecule has 1 aromatic rings. The van der Waals surface area contributed by atoms with Crippen molar-refractivity contribution in [2.45, 2.75) is 6.18 Å². The van der Waals surface area contributed by atoms with Gasteiger partial charge in [-0.3, -0.25) is 5.41 Å². The number of hydrogen-bond acceptors (Lipinski definition) is 2. The minimum atomic E-state index is -4.78. The molecule has 0 saturated carbocycles. The van der Waals surface area contributed by atoms with Crippen LogP contribution in [0.2, 0.25) is 0 Å². The van der Waals surface area contributed by atoms with Gasteiger partial charge in [-0.1, -0.05) is 6.07 Å². The molecule has 0 aliphatic carbocycles. The zero-order valence-electron chi connectivity index (χ0n) is 8.89. The number of halogens is 5. The third-order valence-electron chi connectivity index (χ3n) is 2.09. The number of benzene rings is 1. The van der Waals surface area contributed by atoms with Crippen LogP contribution in [0.25, 0.3) is 0 Å². The molecule has 0 fully saturated rings. The molecule has 18 heavy (non-hydrogen) atoms. The minimum Gasteiger partial charge on any atom is -0.489 e. The summed E-state index contributed by atoms with van der Waals surface area (Å²) in [6.45, 7) is -1.08.